The van der Waals surface area contributed by atoms with Crippen LogP contribution in [0.5, 0.6) is 17.2 Å². The van der Waals surface area contributed by atoms with Crippen LogP contribution in [-0.4, -0.2) is 30.3 Å². The fourth-order valence-electron chi connectivity index (χ4n) is 3.26. The molecule has 142 valence electrons. The molecule has 2 aromatic carbocycles. The number of halogens is 2. The highest BCUT2D eigenvalue weighted by molar-refractivity contribution is 7.22. The summed E-state index contributed by atoms with van der Waals surface area (Å²) < 4.78 is 44.4. The summed E-state index contributed by atoms with van der Waals surface area (Å²) in [4.78, 5) is 9.08. The Morgan fingerprint density at radius 3 is 2.82 bits per heavy atom. The SMILES string of the molecule is COc1cnc2c(-c3nc4ccc5c(c4s3)OCCO5)cc(C(F)F)cc2c1. The minimum Gasteiger partial charge on any atom is -0.495 e. The third-order valence-electron chi connectivity index (χ3n) is 4.56. The van der Waals surface area contributed by atoms with Crippen LogP contribution < -0.4 is 14.2 Å². The fraction of sp³-hybridized carbons (Fsp3) is 0.200. The molecule has 0 amide bonds. The van der Waals surface area contributed by atoms with Crippen molar-refractivity contribution in [3.63, 3.8) is 0 Å². The Morgan fingerprint density at radius 2 is 2.00 bits per heavy atom. The first-order chi connectivity index (χ1) is 13.6. The van der Waals surface area contributed by atoms with E-state index in [2.05, 4.69) is 9.97 Å². The lowest BCUT2D eigenvalue weighted by Gasteiger charge is -2.18. The predicted octanol–water partition coefficient (Wildman–Crippen LogP) is 5.23. The highest BCUT2D eigenvalue weighted by atomic mass is 32.1. The summed E-state index contributed by atoms with van der Waals surface area (Å²) in [6.45, 7) is 0.960. The van der Waals surface area contributed by atoms with Crippen LogP contribution in [0.4, 0.5) is 8.78 Å². The quantitative estimate of drug-likeness (QED) is 0.471. The fourth-order valence-corrected chi connectivity index (χ4v) is 4.34. The van der Waals surface area contributed by atoms with E-state index in [1.54, 1.807) is 12.3 Å². The number of aromatic nitrogens is 2. The summed E-state index contributed by atoms with van der Waals surface area (Å²) in [7, 11) is 1.51. The van der Waals surface area contributed by atoms with E-state index < -0.39 is 6.43 Å². The van der Waals surface area contributed by atoms with Gasteiger partial charge in [0.2, 0.25) is 0 Å². The lowest BCUT2D eigenvalue weighted by Crippen LogP contribution is -2.15. The molecule has 0 saturated carbocycles. The van der Waals surface area contributed by atoms with Gasteiger partial charge in [0, 0.05) is 16.5 Å². The number of alkyl halides is 2. The molecule has 0 radical (unpaired) electrons. The molecular formula is C20H14F2N2O3S. The lowest BCUT2D eigenvalue weighted by molar-refractivity contribution is 0.151. The molecule has 0 aliphatic carbocycles. The summed E-state index contributed by atoms with van der Waals surface area (Å²) in [6.07, 6.45) is -1.03. The van der Waals surface area contributed by atoms with Crippen molar-refractivity contribution in [1.29, 1.82) is 0 Å². The molecule has 1 aliphatic heterocycles. The maximum atomic E-state index is 13.5. The molecule has 0 bridgehead atoms. The van der Waals surface area contributed by atoms with E-state index in [0.717, 1.165) is 10.2 Å². The zero-order chi connectivity index (χ0) is 19.3. The first-order valence-electron chi connectivity index (χ1n) is 8.59. The smallest absolute Gasteiger partial charge is 0.263 e. The second-order valence-corrected chi connectivity index (χ2v) is 7.27. The highest BCUT2D eigenvalue weighted by Gasteiger charge is 2.21. The maximum Gasteiger partial charge on any atom is 0.263 e. The molecule has 2 aromatic heterocycles. The molecule has 5 nitrogen and oxygen atoms in total. The van der Waals surface area contributed by atoms with Crippen LogP contribution in [0.25, 0.3) is 31.7 Å². The number of pyridine rings is 1. The number of nitrogens with zero attached hydrogens (tertiary/aromatic N) is 2. The van der Waals surface area contributed by atoms with Gasteiger partial charge in [0.05, 0.1) is 24.3 Å². The van der Waals surface area contributed by atoms with Gasteiger partial charge in [-0.1, -0.05) is 0 Å². The molecule has 1 aliphatic rings. The lowest BCUT2D eigenvalue weighted by atomic mass is 10.1. The van der Waals surface area contributed by atoms with E-state index in [0.29, 0.717) is 51.9 Å². The zero-order valence-corrected chi connectivity index (χ0v) is 15.6. The van der Waals surface area contributed by atoms with Crippen LogP contribution in [-0.2, 0) is 0 Å². The van der Waals surface area contributed by atoms with Gasteiger partial charge in [-0.05, 0) is 30.3 Å². The number of ether oxygens (including phenoxy) is 3. The van der Waals surface area contributed by atoms with E-state index in [9.17, 15) is 8.78 Å². The maximum absolute atomic E-state index is 13.5. The van der Waals surface area contributed by atoms with Crippen molar-refractivity contribution in [3.8, 4) is 27.8 Å². The van der Waals surface area contributed by atoms with Crippen molar-refractivity contribution >= 4 is 32.5 Å². The monoisotopic (exact) mass is 400 g/mol. The number of fused-ring (bicyclic) bond motifs is 4. The Labute approximate surface area is 162 Å². The van der Waals surface area contributed by atoms with E-state index in [1.807, 2.05) is 12.1 Å². The van der Waals surface area contributed by atoms with Gasteiger partial charge in [0.15, 0.2) is 11.5 Å². The van der Waals surface area contributed by atoms with E-state index >= 15 is 0 Å². The van der Waals surface area contributed by atoms with Crippen molar-refractivity contribution in [2.45, 2.75) is 6.43 Å². The summed E-state index contributed by atoms with van der Waals surface area (Å²) >= 11 is 1.38. The topological polar surface area (TPSA) is 53.5 Å². The number of hydrogen-bond acceptors (Lipinski definition) is 6. The van der Waals surface area contributed by atoms with Gasteiger partial charge in [-0.15, -0.1) is 11.3 Å². The van der Waals surface area contributed by atoms with Crippen LogP contribution in [0, 0.1) is 0 Å². The molecule has 4 aromatic rings. The van der Waals surface area contributed by atoms with Crippen molar-refractivity contribution in [2.75, 3.05) is 20.3 Å². The molecule has 0 saturated heterocycles. The Hall–Kier alpha value is -3.00. The number of benzene rings is 2. The molecular weight excluding hydrogens is 386 g/mol. The van der Waals surface area contributed by atoms with Crippen LogP contribution >= 0.6 is 11.3 Å². The van der Waals surface area contributed by atoms with Crippen LogP contribution in [0.2, 0.25) is 0 Å². The Bertz CT molecular complexity index is 1210. The molecule has 5 rings (SSSR count). The van der Waals surface area contributed by atoms with Crippen molar-refractivity contribution in [1.82, 2.24) is 9.97 Å². The van der Waals surface area contributed by atoms with Gasteiger partial charge in [-0.3, -0.25) is 4.98 Å². The predicted molar refractivity (Wildman–Crippen MR) is 103 cm³/mol. The molecule has 0 fully saturated rings. The van der Waals surface area contributed by atoms with Crippen LogP contribution in [0.3, 0.4) is 0 Å². The largest absolute Gasteiger partial charge is 0.495 e. The Kier molecular flexibility index (Phi) is 4.01. The van der Waals surface area contributed by atoms with Crippen LogP contribution in [0.15, 0.2) is 36.5 Å². The average molecular weight is 400 g/mol. The van der Waals surface area contributed by atoms with E-state index in [1.165, 1.54) is 30.6 Å². The number of hydrogen-bond donors (Lipinski definition) is 0. The molecule has 3 heterocycles. The standard InChI is InChI=1S/C20H14F2N2O3S/c1-25-12-7-10-6-11(19(21)22)8-13(16(10)23-9-12)20-24-14-2-3-15-17(18(14)28-20)27-5-4-26-15/h2-3,6-9,19H,4-5H2,1H3. The zero-order valence-electron chi connectivity index (χ0n) is 14.7. The van der Waals surface area contributed by atoms with Crippen LogP contribution in [0.1, 0.15) is 12.0 Å². The number of thiazole rings is 1. The van der Waals surface area contributed by atoms with Gasteiger partial charge in [0.1, 0.15) is 28.7 Å². The third kappa shape index (κ3) is 2.72. The number of methoxy groups -OCH3 is 1. The van der Waals surface area contributed by atoms with Crippen molar-refractivity contribution < 1.29 is 23.0 Å². The molecule has 8 heteroatoms. The minimum absolute atomic E-state index is 0.0848. The van der Waals surface area contributed by atoms with Crippen molar-refractivity contribution in [2.24, 2.45) is 0 Å². The first-order valence-corrected chi connectivity index (χ1v) is 9.41. The average Bonchev–Trinajstić information content (AvgIpc) is 3.17. The molecule has 0 spiro atoms. The molecule has 0 N–H and O–H groups in total. The van der Waals surface area contributed by atoms with Gasteiger partial charge in [-0.25, -0.2) is 13.8 Å². The van der Waals surface area contributed by atoms with Crippen molar-refractivity contribution in [3.05, 3.63) is 42.1 Å². The normalized spacial score (nSPS) is 13.4. The van der Waals surface area contributed by atoms with Gasteiger partial charge < -0.3 is 14.2 Å². The summed E-state index contributed by atoms with van der Waals surface area (Å²) in [5, 5.41) is 1.18. The van der Waals surface area contributed by atoms with Gasteiger partial charge >= 0.3 is 0 Å². The minimum atomic E-state index is -2.60. The number of rotatable bonds is 3. The van der Waals surface area contributed by atoms with E-state index in [-0.39, 0.29) is 5.56 Å². The first kappa shape index (κ1) is 17.1. The Morgan fingerprint density at radius 1 is 1.14 bits per heavy atom. The second-order valence-electron chi connectivity index (χ2n) is 6.27. The van der Waals surface area contributed by atoms with Gasteiger partial charge in [0.25, 0.3) is 6.43 Å². The molecule has 0 unspecified atom stereocenters. The van der Waals surface area contributed by atoms with E-state index in [4.69, 9.17) is 14.2 Å². The molecule has 0 atom stereocenters. The molecule has 28 heavy (non-hydrogen) atoms. The second kappa shape index (κ2) is 6.56. The summed E-state index contributed by atoms with van der Waals surface area (Å²) in [6, 6.07) is 8.25. The Balaban J connectivity index is 1.76. The third-order valence-corrected chi connectivity index (χ3v) is 5.66. The summed E-state index contributed by atoms with van der Waals surface area (Å²) in [5.74, 6) is 1.83. The summed E-state index contributed by atoms with van der Waals surface area (Å²) in [5.41, 5.74) is 1.80. The highest BCUT2D eigenvalue weighted by Crippen LogP contribution is 2.44. The van der Waals surface area contributed by atoms with Gasteiger partial charge in [-0.2, -0.15) is 0 Å².